The van der Waals surface area contributed by atoms with Crippen molar-refractivity contribution in [3.63, 3.8) is 0 Å². The van der Waals surface area contributed by atoms with Gasteiger partial charge in [-0.05, 0) is 13.0 Å². The van der Waals surface area contributed by atoms with Gasteiger partial charge in [-0.15, -0.1) is 13.2 Å². The smallest absolute Gasteiger partial charge is 0.404 e. The van der Waals surface area contributed by atoms with Gasteiger partial charge in [0, 0.05) is 11.3 Å². The zero-order chi connectivity index (χ0) is 13.2. The van der Waals surface area contributed by atoms with Gasteiger partial charge in [0.2, 0.25) is 0 Å². The second-order valence-corrected chi connectivity index (χ2v) is 3.01. The van der Waals surface area contributed by atoms with Gasteiger partial charge in [-0.2, -0.15) is 0 Å². The molecule has 17 heavy (non-hydrogen) atoms. The first-order chi connectivity index (χ1) is 7.74. The van der Waals surface area contributed by atoms with E-state index in [4.69, 9.17) is 0 Å². The molecule has 0 aliphatic rings. The van der Waals surface area contributed by atoms with Crippen LogP contribution in [0.25, 0.3) is 0 Å². The third kappa shape index (κ3) is 3.36. The number of rotatable bonds is 3. The zero-order valence-electron chi connectivity index (χ0n) is 8.39. The Morgan fingerprint density at radius 2 is 2.00 bits per heavy atom. The summed E-state index contributed by atoms with van der Waals surface area (Å²) in [5.41, 5.74) is -1.48. The molecule has 0 aliphatic carbocycles. The van der Waals surface area contributed by atoms with Gasteiger partial charge >= 0.3 is 6.36 Å². The summed E-state index contributed by atoms with van der Waals surface area (Å²) in [5.74, 6) is -1.17. The van der Waals surface area contributed by atoms with Gasteiger partial charge in [-0.25, -0.2) is 13.8 Å². The summed E-state index contributed by atoms with van der Waals surface area (Å²) in [6.45, 7) is 1.23. The fourth-order valence-electron chi connectivity index (χ4n) is 1.10. The van der Waals surface area contributed by atoms with Crippen molar-refractivity contribution in [3.8, 4) is 5.75 Å². The van der Waals surface area contributed by atoms with E-state index in [9.17, 15) is 26.7 Å². The Morgan fingerprint density at radius 1 is 1.41 bits per heavy atom. The molecule has 0 amide bonds. The predicted octanol–water partition coefficient (Wildman–Crippen LogP) is 3.04. The Labute approximate surface area is 92.2 Å². The van der Waals surface area contributed by atoms with Gasteiger partial charge in [0.15, 0.2) is 12.0 Å². The Hall–Kier alpha value is -1.73. The molecule has 0 aliphatic heterocycles. The Morgan fingerprint density at radius 3 is 2.41 bits per heavy atom. The van der Waals surface area contributed by atoms with E-state index >= 15 is 0 Å². The van der Waals surface area contributed by atoms with Crippen LogP contribution in [0.1, 0.15) is 28.2 Å². The number of ether oxygens (including phenoxy) is 1. The topological polar surface area (TPSA) is 39.2 Å². The average molecular weight is 255 g/mol. The maximum absolute atomic E-state index is 12.4. The van der Waals surface area contributed by atoms with Crippen molar-refractivity contribution in [2.24, 2.45) is 0 Å². The van der Waals surface area contributed by atoms with Gasteiger partial charge in [-0.1, -0.05) is 0 Å². The number of pyridine rings is 1. The first-order valence-corrected chi connectivity index (χ1v) is 4.25. The first kappa shape index (κ1) is 13.3. The highest BCUT2D eigenvalue weighted by molar-refractivity contribution is 5.77. The quantitative estimate of drug-likeness (QED) is 0.615. The summed E-state index contributed by atoms with van der Waals surface area (Å²) < 4.78 is 64.0. The molecule has 0 spiro atoms. The van der Waals surface area contributed by atoms with Crippen LogP contribution in [0.15, 0.2) is 6.07 Å². The predicted molar refractivity (Wildman–Crippen MR) is 46.0 cm³/mol. The molecule has 0 saturated carbocycles. The molecular weight excluding hydrogens is 249 g/mol. The lowest BCUT2D eigenvalue weighted by atomic mass is 10.2. The van der Waals surface area contributed by atoms with E-state index in [1.165, 1.54) is 6.92 Å². The number of hydrogen-bond donors (Lipinski definition) is 0. The fourth-order valence-corrected chi connectivity index (χ4v) is 1.10. The zero-order valence-corrected chi connectivity index (χ0v) is 8.39. The van der Waals surface area contributed by atoms with E-state index in [1.807, 2.05) is 0 Å². The SMILES string of the molecule is Cc1nc(C(F)F)c(OC(F)(F)F)cc1C=O. The van der Waals surface area contributed by atoms with Crippen LogP contribution in [-0.2, 0) is 0 Å². The number of aryl methyl sites for hydroxylation is 1. The molecule has 1 rings (SSSR count). The monoisotopic (exact) mass is 255 g/mol. The Kier molecular flexibility index (Phi) is 3.64. The number of carbonyl (C=O) groups excluding carboxylic acids is 1. The fraction of sp³-hybridized carbons (Fsp3) is 0.333. The molecule has 1 aromatic heterocycles. The molecule has 1 heterocycles. The third-order valence-corrected chi connectivity index (χ3v) is 1.80. The summed E-state index contributed by atoms with van der Waals surface area (Å²) in [5, 5.41) is 0. The Balaban J connectivity index is 3.29. The summed E-state index contributed by atoms with van der Waals surface area (Å²) in [6, 6.07) is 0.588. The van der Waals surface area contributed by atoms with Gasteiger partial charge in [0.25, 0.3) is 6.43 Å². The maximum Gasteiger partial charge on any atom is 0.573 e. The summed E-state index contributed by atoms with van der Waals surface area (Å²) in [7, 11) is 0. The lowest BCUT2D eigenvalue weighted by Crippen LogP contribution is -2.19. The molecule has 0 atom stereocenters. The summed E-state index contributed by atoms with van der Waals surface area (Å²) in [6.07, 6.45) is -8.14. The van der Waals surface area contributed by atoms with Gasteiger partial charge in [0.05, 0.1) is 0 Å². The minimum atomic E-state index is -5.12. The van der Waals surface area contributed by atoms with E-state index in [2.05, 4.69) is 9.72 Å². The largest absolute Gasteiger partial charge is 0.573 e. The van der Waals surface area contributed by atoms with Crippen molar-refractivity contribution >= 4 is 6.29 Å². The standard InChI is InChI=1S/C9H6F5NO2/c1-4-5(3-16)2-6(17-9(12,13)14)7(15-4)8(10)11/h2-3,8H,1H3. The molecule has 8 heteroatoms. The molecule has 0 unspecified atom stereocenters. The summed E-state index contributed by atoms with van der Waals surface area (Å²) in [4.78, 5) is 13.7. The van der Waals surface area contributed by atoms with Crippen molar-refractivity contribution in [1.29, 1.82) is 0 Å². The number of hydrogen-bond acceptors (Lipinski definition) is 3. The molecule has 0 bridgehead atoms. The highest BCUT2D eigenvalue weighted by atomic mass is 19.4. The van der Waals surface area contributed by atoms with Crippen molar-refractivity contribution < 1.29 is 31.5 Å². The first-order valence-electron chi connectivity index (χ1n) is 4.25. The molecule has 0 saturated heterocycles. The van der Waals surface area contributed by atoms with Crippen molar-refractivity contribution in [2.45, 2.75) is 19.7 Å². The Bertz CT molecular complexity index is 430. The van der Waals surface area contributed by atoms with Crippen molar-refractivity contribution in [3.05, 3.63) is 23.0 Å². The van der Waals surface area contributed by atoms with Crippen LogP contribution in [0.5, 0.6) is 5.75 Å². The lowest BCUT2D eigenvalue weighted by Gasteiger charge is -2.13. The number of aldehydes is 1. The van der Waals surface area contributed by atoms with Gasteiger partial charge in [0.1, 0.15) is 5.69 Å². The van der Waals surface area contributed by atoms with Crippen molar-refractivity contribution in [1.82, 2.24) is 4.98 Å². The number of halogens is 5. The molecule has 0 fully saturated rings. The van der Waals surface area contributed by atoms with Crippen LogP contribution in [-0.4, -0.2) is 17.6 Å². The molecule has 1 aromatic rings. The molecule has 94 valence electrons. The van der Waals surface area contributed by atoms with E-state index in [0.29, 0.717) is 6.07 Å². The van der Waals surface area contributed by atoms with Crippen LogP contribution in [0.4, 0.5) is 22.0 Å². The average Bonchev–Trinajstić information content (AvgIpc) is 2.17. The van der Waals surface area contributed by atoms with E-state index in [1.54, 1.807) is 0 Å². The van der Waals surface area contributed by atoms with E-state index in [0.717, 1.165) is 0 Å². The third-order valence-electron chi connectivity index (χ3n) is 1.80. The van der Waals surface area contributed by atoms with Crippen LogP contribution < -0.4 is 4.74 Å². The highest BCUT2D eigenvalue weighted by Crippen LogP contribution is 2.32. The minimum absolute atomic E-state index is 0.0928. The maximum atomic E-state index is 12.4. The van der Waals surface area contributed by atoms with E-state index < -0.39 is 24.2 Å². The number of alkyl halides is 5. The minimum Gasteiger partial charge on any atom is -0.404 e. The lowest BCUT2D eigenvalue weighted by molar-refractivity contribution is -0.275. The van der Waals surface area contributed by atoms with E-state index in [-0.39, 0.29) is 17.5 Å². The molecular formula is C9H6F5NO2. The molecule has 0 N–H and O–H groups in total. The number of nitrogens with zero attached hydrogens (tertiary/aromatic N) is 1. The normalized spacial score (nSPS) is 11.7. The van der Waals surface area contributed by atoms with Crippen molar-refractivity contribution in [2.75, 3.05) is 0 Å². The summed E-state index contributed by atoms with van der Waals surface area (Å²) >= 11 is 0. The second kappa shape index (κ2) is 4.64. The number of aromatic nitrogens is 1. The number of carbonyl (C=O) groups is 1. The van der Waals surface area contributed by atoms with Crippen LogP contribution in [0.3, 0.4) is 0 Å². The second-order valence-electron chi connectivity index (χ2n) is 3.01. The van der Waals surface area contributed by atoms with Crippen LogP contribution >= 0.6 is 0 Å². The highest BCUT2D eigenvalue weighted by Gasteiger charge is 2.34. The van der Waals surface area contributed by atoms with Crippen LogP contribution in [0, 0.1) is 6.92 Å². The molecule has 0 aromatic carbocycles. The molecule has 0 radical (unpaired) electrons. The molecule has 3 nitrogen and oxygen atoms in total. The van der Waals surface area contributed by atoms with Gasteiger partial charge < -0.3 is 4.74 Å². The van der Waals surface area contributed by atoms with Gasteiger partial charge in [-0.3, -0.25) is 4.79 Å². The van der Waals surface area contributed by atoms with Crippen LogP contribution in [0.2, 0.25) is 0 Å².